The number of halogens is 1. The summed E-state index contributed by atoms with van der Waals surface area (Å²) in [5.74, 6) is 1.30. The monoisotopic (exact) mass is 261 g/mol. The third kappa shape index (κ3) is 3.19. The molecule has 2 aromatic rings. The van der Waals surface area contributed by atoms with Crippen LogP contribution in [-0.2, 0) is 6.42 Å². The van der Waals surface area contributed by atoms with Crippen LogP contribution in [0.15, 0.2) is 30.6 Å². The van der Waals surface area contributed by atoms with Gasteiger partial charge in [-0.3, -0.25) is 0 Å². The molecule has 0 saturated heterocycles. The van der Waals surface area contributed by atoms with E-state index in [1.54, 1.807) is 19.2 Å². The first-order valence-corrected chi connectivity index (χ1v) is 6.19. The molecular formula is C14H16FN3O. The molecule has 0 aliphatic rings. The first-order valence-electron chi connectivity index (χ1n) is 6.19. The van der Waals surface area contributed by atoms with Crippen LogP contribution in [0.5, 0.6) is 11.6 Å². The van der Waals surface area contributed by atoms with Gasteiger partial charge in [-0.2, -0.15) is 0 Å². The maximum atomic E-state index is 13.1. The minimum Gasteiger partial charge on any atom is -0.438 e. The molecule has 0 radical (unpaired) electrons. The standard InChI is InChI=1S/C14H16FN3O/c1-3-5-12-13(16-2)17-9-18-14(12)19-11-7-4-6-10(15)8-11/h4,6-9H,3,5H2,1-2H3,(H,16,17,18). The Morgan fingerprint density at radius 1 is 1.32 bits per heavy atom. The number of rotatable bonds is 5. The predicted octanol–water partition coefficient (Wildman–Crippen LogP) is 3.40. The van der Waals surface area contributed by atoms with Crippen molar-refractivity contribution in [2.45, 2.75) is 19.8 Å². The van der Waals surface area contributed by atoms with Crippen molar-refractivity contribution in [3.05, 3.63) is 42.0 Å². The number of benzene rings is 1. The maximum absolute atomic E-state index is 13.1. The molecule has 2 rings (SSSR count). The SMILES string of the molecule is CCCc1c(NC)ncnc1Oc1cccc(F)c1. The molecule has 0 fully saturated rings. The van der Waals surface area contributed by atoms with Gasteiger partial charge in [0.25, 0.3) is 0 Å². The van der Waals surface area contributed by atoms with Crippen molar-refractivity contribution in [3.63, 3.8) is 0 Å². The van der Waals surface area contributed by atoms with Crippen molar-refractivity contribution in [2.24, 2.45) is 0 Å². The lowest BCUT2D eigenvalue weighted by molar-refractivity contribution is 0.450. The lowest BCUT2D eigenvalue weighted by atomic mass is 10.1. The van der Waals surface area contributed by atoms with Gasteiger partial charge in [0, 0.05) is 13.1 Å². The van der Waals surface area contributed by atoms with Crippen molar-refractivity contribution in [2.75, 3.05) is 12.4 Å². The number of hydrogen-bond acceptors (Lipinski definition) is 4. The topological polar surface area (TPSA) is 47.0 Å². The number of nitrogens with zero attached hydrogens (tertiary/aromatic N) is 2. The number of anilines is 1. The minimum absolute atomic E-state index is 0.336. The van der Waals surface area contributed by atoms with Crippen LogP contribution in [0, 0.1) is 5.82 Å². The predicted molar refractivity (Wildman–Crippen MR) is 72.0 cm³/mol. The second-order valence-electron chi connectivity index (χ2n) is 4.07. The minimum atomic E-state index is -0.336. The highest BCUT2D eigenvalue weighted by atomic mass is 19.1. The van der Waals surface area contributed by atoms with E-state index in [9.17, 15) is 4.39 Å². The Kier molecular flexibility index (Phi) is 4.28. The van der Waals surface area contributed by atoms with E-state index < -0.39 is 0 Å². The van der Waals surface area contributed by atoms with Gasteiger partial charge in [0.05, 0.1) is 5.56 Å². The molecule has 0 amide bonds. The zero-order chi connectivity index (χ0) is 13.7. The molecule has 100 valence electrons. The van der Waals surface area contributed by atoms with Crippen LogP contribution in [0.3, 0.4) is 0 Å². The van der Waals surface area contributed by atoms with Crippen LogP contribution in [0.1, 0.15) is 18.9 Å². The Bertz CT molecular complexity index is 560. The largest absolute Gasteiger partial charge is 0.438 e. The molecule has 0 aliphatic carbocycles. The Hall–Kier alpha value is -2.17. The summed E-state index contributed by atoms with van der Waals surface area (Å²) in [5, 5.41) is 3.01. The van der Waals surface area contributed by atoms with Crippen molar-refractivity contribution < 1.29 is 9.13 Å². The van der Waals surface area contributed by atoms with Gasteiger partial charge in [0.1, 0.15) is 23.7 Å². The Morgan fingerprint density at radius 3 is 2.84 bits per heavy atom. The van der Waals surface area contributed by atoms with Gasteiger partial charge in [0.15, 0.2) is 0 Å². The summed E-state index contributed by atoms with van der Waals surface area (Å²) in [5.41, 5.74) is 0.900. The number of nitrogens with one attached hydrogen (secondary N) is 1. The average Bonchev–Trinajstić information content (AvgIpc) is 2.41. The van der Waals surface area contributed by atoms with Gasteiger partial charge in [-0.25, -0.2) is 14.4 Å². The zero-order valence-electron chi connectivity index (χ0n) is 11.0. The molecule has 5 heteroatoms. The molecular weight excluding hydrogens is 245 g/mol. The molecule has 0 saturated carbocycles. The summed E-state index contributed by atoms with van der Waals surface area (Å²) in [7, 11) is 1.80. The van der Waals surface area contributed by atoms with Crippen LogP contribution in [0.2, 0.25) is 0 Å². The van der Waals surface area contributed by atoms with E-state index in [0.29, 0.717) is 11.6 Å². The first kappa shape index (κ1) is 13.3. The van der Waals surface area contributed by atoms with Gasteiger partial charge in [-0.1, -0.05) is 19.4 Å². The van der Waals surface area contributed by atoms with E-state index in [2.05, 4.69) is 22.2 Å². The first-order chi connectivity index (χ1) is 9.24. The molecule has 19 heavy (non-hydrogen) atoms. The van der Waals surface area contributed by atoms with Crippen LogP contribution < -0.4 is 10.1 Å². The van der Waals surface area contributed by atoms with Crippen molar-refractivity contribution in [1.82, 2.24) is 9.97 Å². The molecule has 0 bridgehead atoms. The van der Waals surface area contributed by atoms with E-state index in [0.717, 1.165) is 24.2 Å². The summed E-state index contributed by atoms with van der Waals surface area (Å²) in [4.78, 5) is 8.29. The third-order valence-corrected chi connectivity index (χ3v) is 2.65. The van der Waals surface area contributed by atoms with E-state index in [1.165, 1.54) is 18.5 Å². The van der Waals surface area contributed by atoms with E-state index in [-0.39, 0.29) is 5.82 Å². The Labute approximate surface area is 111 Å². The van der Waals surface area contributed by atoms with Gasteiger partial charge < -0.3 is 10.1 Å². The molecule has 1 aromatic carbocycles. The molecule has 1 N–H and O–H groups in total. The summed E-state index contributed by atoms with van der Waals surface area (Å²) in [6, 6.07) is 6.00. The molecule has 0 unspecified atom stereocenters. The van der Waals surface area contributed by atoms with E-state index >= 15 is 0 Å². The fraction of sp³-hybridized carbons (Fsp3) is 0.286. The maximum Gasteiger partial charge on any atom is 0.227 e. The average molecular weight is 261 g/mol. The second kappa shape index (κ2) is 6.13. The lowest BCUT2D eigenvalue weighted by Gasteiger charge is -2.12. The highest BCUT2D eigenvalue weighted by Gasteiger charge is 2.12. The molecule has 1 aromatic heterocycles. The van der Waals surface area contributed by atoms with Crippen LogP contribution in [0.4, 0.5) is 10.2 Å². The Morgan fingerprint density at radius 2 is 2.16 bits per heavy atom. The summed E-state index contributed by atoms with van der Waals surface area (Å²) in [6.07, 6.45) is 3.17. The molecule has 0 atom stereocenters. The van der Waals surface area contributed by atoms with Crippen LogP contribution in [0.25, 0.3) is 0 Å². The Balaban J connectivity index is 2.33. The second-order valence-corrected chi connectivity index (χ2v) is 4.07. The van der Waals surface area contributed by atoms with E-state index in [1.807, 2.05) is 0 Å². The molecule has 0 aliphatic heterocycles. The highest BCUT2D eigenvalue weighted by Crippen LogP contribution is 2.28. The van der Waals surface area contributed by atoms with Crippen molar-refractivity contribution in [3.8, 4) is 11.6 Å². The summed E-state index contributed by atoms with van der Waals surface area (Å²) < 4.78 is 18.8. The number of aromatic nitrogens is 2. The van der Waals surface area contributed by atoms with Crippen LogP contribution >= 0.6 is 0 Å². The fourth-order valence-corrected chi connectivity index (χ4v) is 1.82. The summed E-state index contributed by atoms with van der Waals surface area (Å²) >= 11 is 0. The number of ether oxygens (including phenoxy) is 1. The summed E-state index contributed by atoms with van der Waals surface area (Å²) in [6.45, 7) is 2.07. The van der Waals surface area contributed by atoms with Gasteiger partial charge >= 0.3 is 0 Å². The smallest absolute Gasteiger partial charge is 0.227 e. The third-order valence-electron chi connectivity index (χ3n) is 2.65. The van der Waals surface area contributed by atoms with Gasteiger partial charge in [-0.05, 0) is 18.6 Å². The zero-order valence-corrected chi connectivity index (χ0v) is 11.0. The quantitative estimate of drug-likeness (QED) is 0.896. The normalized spacial score (nSPS) is 10.3. The van der Waals surface area contributed by atoms with Gasteiger partial charge in [0.2, 0.25) is 5.88 Å². The van der Waals surface area contributed by atoms with Crippen molar-refractivity contribution >= 4 is 5.82 Å². The van der Waals surface area contributed by atoms with Crippen molar-refractivity contribution in [1.29, 1.82) is 0 Å². The van der Waals surface area contributed by atoms with Crippen LogP contribution in [-0.4, -0.2) is 17.0 Å². The van der Waals surface area contributed by atoms with E-state index in [4.69, 9.17) is 4.74 Å². The lowest BCUT2D eigenvalue weighted by Crippen LogP contribution is -2.03. The molecule has 0 spiro atoms. The molecule has 1 heterocycles. The number of hydrogen-bond donors (Lipinski definition) is 1. The molecule has 4 nitrogen and oxygen atoms in total. The van der Waals surface area contributed by atoms with Gasteiger partial charge in [-0.15, -0.1) is 0 Å². The fourth-order valence-electron chi connectivity index (χ4n) is 1.82. The highest BCUT2D eigenvalue weighted by molar-refractivity contribution is 5.49.